The van der Waals surface area contributed by atoms with E-state index < -0.39 is 54.0 Å². The monoisotopic (exact) mass is 660 g/mol. The van der Waals surface area contributed by atoms with Gasteiger partial charge in [-0.3, -0.25) is 24.0 Å². The molecule has 1 aromatic heterocycles. The van der Waals surface area contributed by atoms with Crippen LogP contribution in [0.5, 0.6) is 11.5 Å². The summed E-state index contributed by atoms with van der Waals surface area (Å²) in [6, 6.07) is 13.8. The fraction of sp³-hybridized carbons (Fsp3) is 0.382. The van der Waals surface area contributed by atoms with Crippen molar-refractivity contribution >= 4 is 29.5 Å². The molecule has 14 nitrogen and oxygen atoms in total. The number of aliphatic hydroxyl groups is 1. The summed E-state index contributed by atoms with van der Waals surface area (Å²) in [5.41, 5.74) is -0.222. The molecule has 3 aromatic rings. The van der Waals surface area contributed by atoms with Gasteiger partial charge in [-0.2, -0.15) is 0 Å². The lowest BCUT2D eigenvalue weighted by Crippen LogP contribution is -2.62. The standard InChI is InChI=1S/C34H40N6O8/c1-22-29(42)36-15-18-47-25-7-9-26(10-8-25)48-34(12-16-40(17-13-34)32(45)24-11-14-35-20-24)33(46)39-27(19-23-5-3-2-4-6-23)30(43)38-28(21-41)31(44)37-22/h2-11,14,20,22,27-28,35,41H,12-13,15-19,21H2,1H3,(H,36,42)(H,37,44)(H,38,43)(H,39,46)/t22-,27+,28-/m0/s1. The fourth-order valence-electron chi connectivity index (χ4n) is 5.61. The Bertz CT molecular complexity index is 1570. The van der Waals surface area contributed by atoms with E-state index >= 15 is 0 Å². The van der Waals surface area contributed by atoms with Gasteiger partial charge in [-0.25, -0.2) is 0 Å². The van der Waals surface area contributed by atoms with Crippen molar-refractivity contribution in [3.63, 3.8) is 0 Å². The number of carbonyl (C=O) groups excluding carboxylic acids is 5. The van der Waals surface area contributed by atoms with Crippen molar-refractivity contribution in [3.8, 4) is 11.5 Å². The third-order valence-electron chi connectivity index (χ3n) is 8.40. The van der Waals surface area contributed by atoms with Crippen LogP contribution in [0.25, 0.3) is 0 Å². The van der Waals surface area contributed by atoms with Crippen LogP contribution in [-0.4, -0.2) is 101 Å². The summed E-state index contributed by atoms with van der Waals surface area (Å²) in [6.45, 7) is 1.45. The average molecular weight is 661 g/mol. The van der Waals surface area contributed by atoms with E-state index in [1.165, 1.54) is 6.92 Å². The van der Waals surface area contributed by atoms with Crippen molar-refractivity contribution in [2.24, 2.45) is 0 Å². The molecule has 0 saturated carbocycles. The van der Waals surface area contributed by atoms with E-state index in [0.29, 0.717) is 17.1 Å². The zero-order valence-corrected chi connectivity index (χ0v) is 26.6. The molecule has 1 fully saturated rings. The predicted molar refractivity (Wildman–Crippen MR) is 173 cm³/mol. The molecular formula is C34H40N6O8. The number of nitrogens with zero attached hydrogens (tertiary/aromatic N) is 1. The first kappa shape index (κ1) is 34.0. The lowest BCUT2D eigenvalue weighted by molar-refractivity contribution is -0.144. The van der Waals surface area contributed by atoms with Crippen molar-refractivity contribution in [3.05, 3.63) is 84.2 Å². The highest BCUT2D eigenvalue weighted by Gasteiger charge is 2.46. The van der Waals surface area contributed by atoms with Gasteiger partial charge < -0.3 is 45.7 Å². The molecule has 4 heterocycles. The Hall–Kier alpha value is -5.37. The molecule has 0 aliphatic carbocycles. The number of hydrogen-bond donors (Lipinski definition) is 6. The van der Waals surface area contributed by atoms with Gasteiger partial charge in [-0.15, -0.1) is 0 Å². The van der Waals surface area contributed by atoms with Gasteiger partial charge in [0.1, 0.15) is 36.2 Å². The molecule has 254 valence electrons. The topological polar surface area (TPSA) is 191 Å². The average Bonchev–Trinajstić information content (AvgIpc) is 3.64. The molecule has 3 aliphatic heterocycles. The first-order chi connectivity index (χ1) is 23.2. The third kappa shape index (κ3) is 8.31. The van der Waals surface area contributed by atoms with Crippen LogP contribution in [0.1, 0.15) is 35.7 Å². The molecule has 0 radical (unpaired) electrons. The maximum Gasteiger partial charge on any atom is 0.265 e. The van der Waals surface area contributed by atoms with E-state index in [9.17, 15) is 29.1 Å². The predicted octanol–water partition coefficient (Wildman–Crippen LogP) is 0.286. The van der Waals surface area contributed by atoms with Crippen LogP contribution in [0.2, 0.25) is 0 Å². The summed E-state index contributed by atoms with van der Waals surface area (Å²) < 4.78 is 12.2. The van der Waals surface area contributed by atoms with Gasteiger partial charge in [0.05, 0.1) is 18.7 Å². The summed E-state index contributed by atoms with van der Waals surface area (Å²) in [6.07, 6.45) is 3.60. The summed E-state index contributed by atoms with van der Waals surface area (Å²) in [7, 11) is 0. The van der Waals surface area contributed by atoms with Gasteiger partial charge in [0.2, 0.25) is 17.7 Å². The molecule has 5 amide bonds. The summed E-state index contributed by atoms with van der Waals surface area (Å²) in [5, 5.41) is 20.6. The minimum Gasteiger partial charge on any atom is -0.492 e. The molecule has 3 aliphatic rings. The number of fused-ring (bicyclic) bond motifs is 15. The molecule has 0 unspecified atom stereocenters. The van der Waals surface area contributed by atoms with Gasteiger partial charge in [-0.1, -0.05) is 30.3 Å². The molecule has 48 heavy (non-hydrogen) atoms. The van der Waals surface area contributed by atoms with E-state index in [-0.39, 0.29) is 51.4 Å². The van der Waals surface area contributed by atoms with Crippen molar-refractivity contribution < 1.29 is 38.6 Å². The van der Waals surface area contributed by atoms with Crippen molar-refractivity contribution in [2.75, 3.05) is 32.8 Å². The molecule has 6 N–H and O–H groups in total. The van der Waals surface area contributed by atoms with Crippen LogP contribution in [0, 0.1) is 0 Å². The number of hydrogen-bond acceptors (Lipinski definition) is 8. The maximum absolute atomic E-state index is 14.3. The molecule has 14 heteroatoms. The van der Waals surface area contributed by atoms with E-state index in [1.54, 1.807) is 71.9 Å². The van der Waals surface area contributed by atoms with Crippen molar-refractivity contribution in [1.82, 2.24) is 31.2 Å². The second-order valence-electron chi connectivity index (χ2n) is 11.8. The third-order valence-corrected chi connectivity index (χ3v) is 8.40. The second kappa shape index (κ2) is 15.5. The molecule has 2 bridgehead atoms. The summed E-state index contributed by atoms with van der Waals surface area (Å²) in [5.74, 6) is -1.85. The normalized spacial score (nSPS) is 22.4. The molecular weight excluding hydrogens is 620 g/mol. The number of aromatic nitrogens is 1. The number of rotatable bonds is 4. The van der Waals surface area contributed by atoms with Crippen LogP contribution in [0.15, 0.2) is 73.1 Å². The highest BCUT2D eigenvalue weighted by molar-refractivity contribution is 5.96. The van der Waals surface area contributed by atoms with E-state index in [4.69, 9.17) is 9.47 Å². The molecule has 3 atom stereocenters. The number of H-pyrrole nitrogens is 1. The second-order valence-corrected chi connectivity index (χ2v) is 11.8. The number of aromatic amines is 1. The van der Waals surface area contributed by atoms with Gasteiger partial charge in [0.15, 0.2) is 5.60 Å². The first-order valence-corrected chi connectivity index (χ1v) is 15.9. The molecule has 6 rings (SSSR count). The Morgan fingerprint density at radius 2 is 1.56 bits per heavy atom. The van der Waals surface area contributed by atoms with Gasteiger partial charge >= 0.3 is 0 Å². The van der Waals surface area contributed by atoms with E-state index in [1.807, 2.05) is 6.07 Å². The quantitative estimate of drug-likeness (QED) is 0.215. The van der Waals surface area contributed by atoms with Crippen molar-refractivity contribution in [1.29, 1.82) is 0 Å². The Morgan fingerprint density at radius 3 is 2.23 bits per heavy atom. The number of ether oxygens (including phenoxy) is 2. The first-order valence-electron chi connectivity index (χ1n) is 15.9. The number of nitrogens with one attached hydrogen (secondary N) is 5. The largest absolute Gasteiger partial charge is 0.492 e. The number of benzene rings is 2. The zero-order valence-electron chi connectivity index (χ0n) is 26.6. The number of piperidine rings is 1. The lowest BCUT2D eigenvalue weighted by atomic mass is 9.88. The van der Waals surface area contributed by atoms with Crippen LogP contribution in [0.3, 0.4) is 0 Å². The minimum absolute atomic E-state index is 0.0667. The Labute approximate surface area is 277 Å². The van der Waals surface area contributed by atoms with Gasteiger partial charge in [0.25, 0.3) is 11.8 Å². The molecule has 2 aromatic carbocycles. The molecule has 1 spiro atoms. The Kier molecular flexibility index (Phi) is 11.0. The summed E-state index contributed by atoms with van der Waals surface area (Å²) >= 11 is 0. The van der Waals surface area contributed by atoms with Crippen LogP contribution in [0.4, 0.5) is 0 Å². The fourth-order valence-corrected chi connectivity index (χ4v) is 5.61. The van der Waals surface area contributed by atoms with Crippen LogP contribution < -0.4 is 30.7 Å². The number of likely N-dealkylation sites (tertiary alicyclic amines) is 1. The number of carbonyl (C=O) groups is 5. The van der Waals surface area contributed by atoms with Crippen LogP contribution in [-0.2, 0) is 25.6 Å². The van der Waals surface area contributed by atoms with E-state index in [0.717, 1.165) is 5.56 Å². The SMILES string of the molecule is C[C@@H]1NC(=O)[C@H](CO)NC(=O)[C@@H](Cc2ccccc2)NC(=O)C2(CCN(C(=O)c3cc[nH]c3)CC2)Oc2ccc(cc2)OCCNC1=O. The highest BCUT2D eigenvalue weighted by Crippen LogP contribution is 2.31. The Balaban J connectivity index is 1.45. The highest BCUT2D eigenvalue weighted by atomic mass is 16.5. The summed E-state index contributed by atoms with van der Waals surface area (Å²) in [4.78, 5) is 71.2. The minimum atomic E-state index is -1.46. The van der Waals surface area contributed by atoms with Crippen molar-refractivity contribution in [2.45, 2.75) is 49.9 Å². The zero-order chi connectivity index (χ0) is 34.1. The smallest absolute Gasteiger partial charge is 0.265 e. The number of aliphatic hydroxyl groups excluding tert-OH is 1. The van der Waals surface area contributed by atoms with Gasteiger partial charge in [0, 0.05) is 44.7 Å². The van der Waals surface area contributed by atoms with Crippen LogP contribution >= 0.6 is 0 Å². The maximum atomic E-state index is 14.3. The number of amides is 5. The molecule has 1 saturated heterocycles. The lowest BCUT2D eigenvalue weighted by Gasteiger charge is -2.41. The van der Waals surface area contributed by atoms with Gasteiger partial charge in [-0.05, 0) is 42.8 Å². The Morgan fingerprint density at radius 1 is 0.875 bits per heavy atom. The van der Waals surface area contributed by atoms with E-state index in [2.05, 4.69) is 26.3 Å².